The molecule has 0 aliphatic rings. The zero-order valence-corrected chi connectivity index (χ0v) is 9.18. The summed E-state index contributed by atoms with van der Waals surface area (Å²) >= 11 is 0. The Hall–Kier alpha value is -0.610. The fraction of sp³-hybridized carbons (Fsp3) is 0.900. The number of nitrogens with one attached hydrogen (secondary N) is 2. The fourth-order valence-electron chi connectivity index (χ4n) is 1.17. The lowest BCUT2D eigenvalue weighted by atomic mass is 10.1. The average molecular weight is 202 g/mol. The molecule has 0 radical (unpaired) electrons. The third-order valence-electron chi connectivity index (χ3n) is 2.15. The Morgan fingerprint density at radius 2 is 2.21 bits per heavy atom. The molecule has 0 spiro atoms. The molecule has 1 unspecified atom stereocenters. The minimum absolute atomic E-state index is 0.0928. The van der Waals surface area contributed by atoms with Gasteiger partial charge in [-0.2, -0.15) is 0 Å². The maximum atomic E-state index is 10.8. The second kappa shape index (κ2) is 8.97. The monoisotopic (exact) mass is 202 g/mol. The van der Waals surface area contributed by atoms with Gasteiger partial charge in [0.2, 0.25) is 5.91 Å². The summed E-state index contributed by atoms with van der Waals surface area (Å²) in [7, 11) is 1.65. The molecule has 0 bridgehead atoms. The second-order valence-electron chi connectivity index (χ2n) is 3.60. The second-order valence-corrected chi connectivity index (χ2v) is 3.60. The van der Waals surface area contributed by atoms with Crippen molar-refractivity contribution >= 4 is 5.91 Å². The van der Waals surface area contributed by atoms with E-state index in [-0.39, 0.29) is 12.5 Å². The van der Waals surface area contributed by atoms with Gasteiger partial charge in [-0.25, -0.2) is 0 Å². The summed E-state index contributed by atoms with van der Waals surface area (Å²) in [6.07, 6.45) is 2.28. The highest BCUT2D eigenvalue weighted by molar-refractivity contribution is 5.75. The van der Waals surface area contributed by atoms with Gasteiger partial charge in [0.15, 0.2) is 0 Å². The Balaban J connectivity index is 3.17. The summed E-state index contributed by atoms with van der Waals surface area (Å²) in [6, 6.07) is 0. The van der Waals surface area contributed by atoms with E-state index in [1.807, 2.05) is 0 Å². The van der Waals surface area contributed by atoms with Gasteiger partial charge in [0.05, 0.1) is 0 Å². The topological polar surface area (TPSA) is 61.4 Å². The predicted octanol–water partition coefficient (Wildman–Crippen LogP) is 0.121. The number of amides is 1. The van der Waals surface area contributed by atoms with Crippen molar-refractivity contribution in [2.45, 2.75) is 26.2 Å². The lowest BCUT2D eigenvalue weighted by Crippen LogP contribution is -2.24. The zero-order valence-electron chi connectivity index (χ0n) is 9.18. The molecular formula is C10H22N2O2. The normalized spacial score (nSPS) is 12.5. The van der Waals surface area contributed by atoms with E-state index in [1.165, 1.54) is 0 Å². The molecule has 4 nitrogen and oxygen atoms in total. The molecular weight excluding hydrogens is 180 g/mol. The number of aliphatic hydroxyl groups is 1. The number of carbonyl (C=O) groups is 1. The van der Waals surface area contributed by atoms with E-state index >= 15 is 0 Å². The highest BCUT2D eigenvalue weighted by Crippen LogP contribution is 1.97. The molecule has 1 atom stereocenters. The van der Waals surface area contributed by atoms with Crippen LogP contribution in [0.4, 0.5) is 0 Å². The first-order valence-corrected chi connectivity index (χ1v) is 5.22. The van der Waals surface area contributed by atoms with Gasteiger partial charge in [0, 0.05) is 20.1 Å². The standard InChI is InChI=1S/C10H22N2O2/c1-9(5-7-13)8-12-6-3-4-10(14)11-2/h9,12-13H,3-8H2,1-2H3,(H,11,14). The van der Waals surface area contributed by atoms with Gasteiger partial charge >= 0.3 is 0 Å². The van der Waals surface area contributed by atoms with Crippen LogP contribution in [0.1, 0.15) is 26.2 Å². The predicted molar refractivity (Wildman–Crippen MR) is 57.0 cm³/mol. The van der Waals surface area contributed by atoms with E-state index in [9.17, 15) is 4.79 Å². The van der Waals surface area contributed by atoms with Crippen LogP contribution in [0.25, 0.3) is 0 Å². The smallest absolute Gasteiger partial charge is 0.219 e. The fourth-order valence-corrected chi connectivity index (χ4v) is 1.17. The SMILES string of the molecule is CNC(=O)CCCNCC(C)CCO. The molecule has 0 aromatic rings. The summed E-state index contributed by atoms with van der Waals surface area (Å²) in [5, 5.41) is 14.5. The first-order valence-electron chi connectivity index (χ1n) is 5.22. The maximum Gasteiger partial charge on any atom is 0.219 e. The van der Waals surface area contributed by atoms with Gasteiger partial charge in [-0.1, -0.05) is 6.92 Å². The molecule has 1 amide bonds. The van der Waals surface area contributed by atoms with E-state index in [0.717, 1.165) is 25.9 Å². The first kappa shape index (κ1) is 13.4. The number of aliphatic hydroxyl groups excluding tert-OH is 1. The summed E-state index contributed by atoms with van der Waals surface area (Å²) in [6.45, 7) is 4.13. The lowest BCUT2D eigenvalue weighted by Gasteiger charge is -2.10. The molecule has 0 aliphatic heterocycles. The Kier molecular flexibility index (Phi) is 8.57. The summed E-state index contributed by atoms with van der Waals surface area (Å²) in [5.74, 6) is 0.593. The quantitative estimate of drug-likeness (QED) is 0.490. The number of rotatable bonds is 8. The van der Waals surface area contributed by atoms with Gasteiger partial charge in [-0.3, -0.25) is 4.79 Å². The van der Waals surface area contributed by atoms with Crippen LogP contribution in [0.3, 0.4) is 0 Å². The molecule has 0 saturated heterocycles. The number of hydrogen-bond acceptors (Lipinski definition) is 3. The van der Waals surface area contributed by atoms with Crippen LogP contribution in [-0.2, 0) is 4.79 Å². The van der Waals surface area contributed by atoms with Gasteiger partial charge in [0.25, 0.3) is 0 Å². The molecule has 0 rings (SSSR count). The Morgan fingerprint density at radius 1 is 1.50 bits per heavy atom. The van der Waals surface area contributed by atoms with Crippen molar-refractivity contribution < 1.29 is 9.90 Å². The Labute approximate surface area is 86.1 Å². The van der Waals surface area contributed by atoms with Crippen molar-refractivity contribution in [2.24, 2.45) is 5.92 Å². The van der Waals surface area contributed by atoms with Gasteiger partial charge in [-0.05, 0) is 31.8 Å². The molecule has 0 aromatic carbocycles. The maximum absolute atomic E-state index is 10.8. The highest BCUT2D eigenvalue weighted by Gasteiger charge is 2.00. The average Bonchev–Trinajstić information content (AvgIpc) is 2.17. The van der Waals surface area contributed by atoms with Crippen molar-refractivity contribution in [2.75, 3.05) is 26.7 Å². The molecule has 84 valence electrons. The van der Waals surface area contributed by atoms with Gasteiger partial charge in [-0.15, -0.1) is 0 Å². The van der Waals surface area contributed by atoms with Crippen molar-refractivity contribution in [1.29, 1.82) is 0 Å². The zero-order chi connectivity index (χ0) is 10.8. The van der Waals surface area contributed by atoms with Crippen LogP contribution >= 0.6 is 0 Å². The van der Waals surface area contributed by atoms with Crippen LogP contribution in [0, 0.1) is 5.92 Å². The molecule has 14 heavy (non-hydrogen) atoms. The third-order valence-corrected chi connectivity index (χ3v) is 2.15. The number of carbonyl (C=O) groups excluding carboxylic acids is 1. The summed E-state index contributed by atoms with van der Waals surface area (Å²) < 4.78 is 0. The van der Waals surface area contributed by atoms with Crippen molar-refractivity contribution in [3.05, 3.63) is 0 Å². The van der Waals surface area contributed by atoms with E-state index in [1.54, 1.807) is 7.05 Å². The molecule has 0 saturated carbocycles. The van der Waals surface area contributed by atoms with E-state index in [0.29, 0.717) is 12.3 Å². The van der Waals surface area contributed by atoms with Crippen molar-refractivity contribution in [1.82, 2.24) is 10.6 Å². The Bertz CT molecular complexity index is 151. The van der Waals surface area contributed by atoms with E-state index in [4.69, 9.17) is 5.11 Å². The van der Waals surface area contributed by atoms with Crippen molar-refractivity contribution in [3.8, 4) is 0 Å². The van der Waals surface area contributed by atoms with Crippen LogP contribution in [-0.4, -0.2) is 37.8 Å². The number of hydrogen-bond donors (Lipinski definition) is 3. The van der Waals surface area contributed by atoms with Crippen LogP contribution < -0.4 is 10.6 Å². The minimum Gasteiger partial charge on any atom is -0.396 e. The highest BCUT2D eigenvalue weighted by atomic mass is 16.3. The third kappa shape index (κ3) is 8.01. The molecule has 0 heterocycles. The molecule has 0 fully saturated rings. The van der Waals surface area contributed by atoms with Crippen molar-refractivity contribution in [3.63, 3.8) is 0 Å². The first-order chi connectivity index (χ1) is 6.70. The van der Waals surface area contributed by atoms with Gasteiger partial charge in [0.1, 0.15) is 0 Å². The molecule has 0 aliphatic carbocycles. The van der Waals surface area contributed by atoms with E-state index in [2.05, 4.69) is 17.6 Å². The molecule has 0 aromatic heterocycles. The lowest BCUT2D eigenvalue weighted by molar-refractivity contribution is -0.120. The Morgan fingerprint density at radius 3 is 2.79 bits per heavy atom. The van der Waals surface area contributed by atoms with Crippen LogP contribution in [0.15, 0.2) is 0 Å². The molecule has 4 heteroatoms. The van der Waals surface area contributed by atoms with Crippen LogP contribution in [0.5, 0.6) is 0 Å². The summed E-state index contributed by atoms with van der Waals surface area (Å²) in [5.41, 5.74) is 0. The largest absolute Gasteiger partial charge is 0.396 e. The minimum atomic E-state index is 0.0928. The summed E-state index contributed by atoms with van der Waals surface area (Å²) in [4.78, 5) is 10.8. The van der Waals surface area contributed by atoms with Crippen LogP contribution in [0.2, 0.25) is 0 Å². The van der Waals surface area contributed by atoms with Gasteiger partial charge < -0.3 is 15.7 Å². The van der Waals surface area contributed by atoms with E-state index < -0.39 is 0 Å². The molecule has 3 N–H and O–H groups in total.